The van der Waals surface area contributed by atoms with Crippen molar-refractivity contribution in [3.63, 3.8) is 0 Å². The highest BCUT2D eigenvalue weighted by Crippen LogP contribution is 2.13. The number of benzene rings is 1. The second-order valence-corrected chi connectivity index (χ2v) is 4.57. The number of aromatic nitrogens is 8. The van der Waals surface area contributed by atoms with Crippen molar-refractivity contribution in [1.82, 2.24) is 40.4 Å². The fraction of sp³-hybridized carbons (Fsp3) is 0.250. The minimum absolute atomic E-state index is 0.128. The van der Waals surface area contributed by atoms with Gasteiger partial charge in [0.05, 0.1) is 7.05 Å². The summed E-state index contributed by atoms with van der Waals surface area (Å²) in [5.74, 6) is 0.227. The molecule has 0 aliphatic heterocycles. The minimum atomic E-state index is -0.659. The maximum atomic E-state index is 12.1. The predicted molar refractivity (Wildman–Crippen MR) is 75.4 cm³/mol. The second-order valence-electron chi connectivity index (χ2n) is 4.57. The number of anilines is 1. The number of carbonyl (C=O) groups excluding carboxylic acids is 1. The molecule has 0 aliphatic carbocycles. The highest BCUT2D eigenvalue weighted by molar-refractivity contribution is 5.91. The Labute approximate surface area is 125 Å². The molecular formula is C12H13N9O. The van der Waals surface area contributed by atoms with Crippen LogP contribution in [0.1, 0.15) is 13.0 Å². The van der Waals surface area contributed by atoms with Gasteiger partial charge in [-0.25, -0.2) is 0 Å². The van der Waals surface area contributed by atoms with Crippen LogP contribution in [-0.2, 0) is 11.8 Å². The lowest BCUT2D eigenvalue weighted by Gasteiger charge is -2.07. The maximum absolute atomic E-state index is 12.1. The summed E-state index contributed by atoms with van der Waals surface area (Å²) in [5, 5.41) is 25.8. The van der Waals surface area contributed by atoms with Crippen LogP contribution in [0.2, 0.25) is 0 Å². The number of nitrogens with one attached hydrogen (secondary N) is 1. The van der Waals surface area contributed by atoms with Crippen LogP contribution in [0, 0.1) is 0 Å². The lowest BCUT2D eigenvalue weighted by atomic mass is 10.2. The number of tetrazole rings is 2. The summed E-state index contributed by atoms with van der Waals surface area (Å²) in [5.41, 5.74) is 0.831. The van der Waals surface area contributed by atoms with Gasteiger partial charge < -0.3 is 0 Å². The van der Waals surface area contributed by atoms with Crippen molar-refractivity contribution in [3.8, 4) is 11.4 Å². The van der Waals surface area contributed by atoms with Crippen LogP contribution in [-0.4, -0.2) is 46.3 Å². The molecule has 0 spiro atoms. The Bertz CT molecular complexity index is 779. The molecule has 1 aromatic carbocycles. The summed E-state index contributed by atoms with van der Waals surface area (Å²) >= 11 is 0. The van der Waals surface area contributed by atoms with Crippen molar-refractivity contribution in [3.05, 3.63) is 30.3 Å². The molecule has 1 amide bonds. The van der Waals surface area contributed by atoms with Gasteiger partial charge in [0.1, 0.15) is 6.04 Å². The van der Waals surface area contributed by atoms with E-state index in [9.17, 15) is 4.79 Å². The van der Waals surface area contributed by atoms with E-state index in [1.165, 1.54) is 9.59 Å². The van der Waals surface area contributed by atoms with Gasteiger partial charge in [-0.3, -0.25) is 10.1 Å². The molecular weight excluding hydrogens is 286 g/mol. The quantitative estimate of drug-likeness (QED) is 0.724. The number of rotatable bonds is 4. The van der Waals surface area contributed by atoms with Crippen LogP contribution >= 0.6 is 0 Å². The van der Waals surface area contributed by atoms with E-state index < -0.39 is 6.04 Å². The lowest BCUT2D eigenvalue weighted by molar-refractivity contribution is -0.119. The van der Waals surface area contributed by atoms with Crippen molar-refractivity contribution in [2.24, 2.45) is 7.05 Å². The average Bonchev–Trinajstić information content (AvgIpc) is 3.17. The summed E-state index contributed by atoms with van der Waals surface area (Å²) in [7, 11) is 1.61. The molecule has 0 aliphatic rings. The van der Waals surface area contributed by atoms with Gasteiger partial charge in [-0.2, -0.15) is 9.59 Å². The van der Waals surface area contributed by atoms with Gasteiger partial charge in [0.15, 0.2) is 0 Å². The third-order valence-electron chi connectivity index (χ3n) is 2.93. The second kappa shape index (κ2) is 5.68. The topological polar surface area (TPSA) is 116 Å². The summed E-state index contributed by atoms with van der Waals surface area (Å²) in [6.45, 7) is 1.65. The van der Waals surface area contributed by atoms with Gasteiger partial charge in [0.25, 0.3) is 11.9 Å². The monoisotopic (exact) mass is 299 g/mol. The SMILES string of the molecule is C[C@@H](C(=O)Nc1nnn(C)n1)n1nnc(-c2ccccc2)n1. The number of hydrogen-bond acceptors (Lipinski definition) is 7. The third kappa shape index (κ3) is 2.80. The molecule has 0 radical (unpaired) electrons. The van der Waals surface area contributed by atoms with Crippen LogP contribution in [0.3, 0.4) is 0 Å². The largest absolute Gasteiger partial charge is 0.290 e. The van der Waals surface area contributed by atoms with Crippen LogP contribution in [0.15, 0.2) is 30.3 Å². The molecule has 22 heavy (non-hydrogen) atoms. The number of amides is 1. The van der Waals surface area contributed by atoms with Crippen LogP contribution in [0.25, 0.3) is 11.4 Å². The first kappa shape index (κ1) is 13.8. The minimum Gasteiger partial charge on any atom is -0.290 e. The smallest absolute Gasteiger partial charge is 0.270 e. The first-order chi connectivity index (χ1) is 10.6. The van der Waals surface area contributed by atoms with Crippen molar-refractivity contribution < 1.29 is 4.79 Å². The molecule has 0 fully saturated rings. The standard InChI is InChI=1S/C12H13N9O/c1-8(11(22)13-12-15-18-20(2)17-12)21-16-10(14-19-21)9-6-4-3-5-7-9/h3-8H,1-2H3,(H,13,17,22)/t8-/m0/s1. The van der Waals surface area contributed by atoms with Gasteiger partial charge in [-0.1, -0.05) is 35.4 Å². The Hall–Kier alpha value is -3.17. The van der Waals surface area contributed by atoms with E-state index in [1.807, 2.05) is 30.3 Å². The summed E-state index contributed by atoms with van der Waals surface area (Å²) in [6, 6.07) is 8.75. The van der Waals surface area contributed by atoms with E-state index in [0.29, 0.717) is 5.82 Å². The Morgan fingerprint density at radius 2 is 1.91 bits per heavy atom. The maximum Gasteiger partial charge on any atom is 0.270 e. The van der Waals surface area contributed by atoms with Crippen LogP contribution < -0.4 is 5.32 Å². The van der Waals surface area contributed by atoms with Gasteiger partial charge in [0, 0.05) is 5.56 Å². The molecule has 1 N–H and O–H groups in total. The zero-order chi connectivity index (χ0) is 15.5. The Morgan fingerprint density at radius 3 is 2.59 bits per heavy atom. The molecule has 10 nitrogen and oxygen atoms in total. The molecule has 0 saturated carbocycles. The van der Waals surface area contributed by atoms with Crippen molar-refractivity contribution in [1.29, 1.82) is 0 Å². The zero-order valence-corrected chi connectivity index (χ0v) is 12.0. The van der Waals surface area contributed by atoms with Crippen LogP contribution in [0.4, 0.5) is 5.95 Å². The Balaban J connectivity index is 1.73. The van der Waals surface area contributed by atoms with Gasteiger partial charge in [-0.05, 0) is 17.4 Å². The molecule has 2 aromatic heterocycles. The molecule has 10 heteroatoms. The molecule has 1 atom stereocenters. The van der Waals surface area contributed by atoms with E-state index in [-0.39, 0.29) is 11.9 Å². The van der Waals surface area contributed by atoms with Gasteiger partial charge >= 0.3 is 0 Å². The van der Waals surface area contributed by atoms with Gasteiger partial charge in [-0.15, -0.1) is 15.3 Å². The lowest BCUT2D eigenvalue weighted by Crippen LogP contribution is -2.26. The highest BCUT2D eigenvalue weighted by Gasteiger charge is 2.20. The fourth-order valence-electron chi connectivity index (χ4n) is 1.75. The molecule has 112 valence electrons. The van der Waals surface area contributed by atoms with E-state index in [4.69, 9.17) is 0 Å². The predicted octanol–water partition coefficient (Wildman–Crippen LogP) is 0.0633. The molecule has 0 bridgehead atoms. The number of aryl methyl sites for hydroxylation is 1. The third-order valence-corrected chi connectivity index (χ3v) is 2.93. The first-order valence-electron chi connectivity index (χ1n) is 6.53. The van der Waals surface area contributed by atoms with E-state index >= 15 is 0 Å². The number of carbonyl (C=O) groups is 1. The molecule has 3 aromatic rings. The fourth-order valence-corrected chi connectivity index (χ4v) is 1.75. The summed E-state index contributed by atoms with van der Waals surface area (Å²) < 4.78 is 0. The Kier molecular flexibility index (Phi) is 3.56. The van der Waals surface area contributed by atoms with E-state index in [2.05, 4.69) is 36.1 Å². The summed E-state index contributed by atoms with van der Waals surface area (Å²) in [4.78, 5) is 14.6. The molecule has 0 unspecified atom stereocenters. The van der Waals surface area contributed by atoms with Crippen molar-refractivity contribution >= 4 is 11.9 Å². The summed E-state index contributed by atoms with van der Waals surface area (Å²) in [6.07, 6.45) is 0. The van der Waals surface area contributed by atoms with Crippen molar-refractivity contribution in [2.45, 2.75) is 13.0 Å². The molecule has 2 heterocycles. The van der Waals surface area contributed by atoms with E-state index in [0.717, 1.165) is 5.56 Å². The first-order valence-corrected chi connectivity index (χ1v) is 6.53. The normalized spacial score (nSPS) is 12.1. The van der Waals surface area contributed by atoms with Gasteiger partial charge in [0.2, 0.25) is 5.82 Å². The highest BCUT2D eigenvalue weighted by atomic mass is 16.2. The number of hydrogen-bond donors (Lipinski definition) is 1. The molecule has 3 rings (SSSR count). The van der Waals surface area contributed by atoms with Crippen LogP contribution in [0.5, 0.6) is 0 Å². The van der Waals surface area contributed by atoms with Crippen molar-refractivity contribution in [2.75, 3.05) is 5.32 Å². The zero-order valence-electron chi connectivity index (χ0n) is 12.0. The number of nitrogens with zero attached hydrogens (tertiary/aromatic N) is 8. The molecule has 0 saturated heterocycles. The Morgan fingerprint density at radius 1 is 1.14 bits per heavy atom. The average molecular weight is 299 g/mol. The van der Waals surface area contributed by atoms with E-state index in [1.54, 1.807) is 14.0 Å².